The van der Waals surface area contributed by atoms with E-state index in [2.05, 4.69) is 5.10 Å². The van der Waals surface area contributed by atoms with E-state index in [1.807, 2.05) is 48.0 Å². The SMILES string of the molecule is Cc1nn(Cc2ccc(Cl)cc2)c2sc(C(=O)N3C[C@@H](C(N)=O)Oc4ccccc43)cc12. The molecule has 0 unspecified atom stereocenters. The van der Waals surface area contributed by atoms with Crippen molar-refractivity contribution in [2.24, 2.45) is 5.73 Å². The molecule has 0 saturated carbocycles. The monoisotopic (exact) mass is 466 g/mol. The van der Waals surface area contributed by atoms with Crippen molar-refractivity contribution in [3.05, 3.63) is 75.8 Å². The molecule has 4 aromatic rings. The maximum Gasteiger partial charge on any atom is 0.268 e. The van der Waals surface area contributed by atoms with Gasteiger partial charge in [-0.05, 0) is 42.8 Å². The molecule has 3 heterocycles. The second-order valence-corrected chi connectivity index (χ2v) is 9.06. The van der Waals surface area contributed by atoms with Crippen LogP contribution in [0.2, 0.25) is 5.02 Å². The molecule has 0 bridgehead atoms. The molecule has 2 aromatic heterocycles. The molecule has 9 heteroatoms. The largest absolute Gasteiger partial charge is 0.477 e. The fourth-order valence-electron chi connectivity index (χ4n) is 3.80. The first-order valence-corrected chi connectivity index (χ1v) is 11.2. The second-order valence-electron chi connectivity index (χ2n) is 7.59. The molecular formula is C23H19ClN4O3S. The molecule has 2 amide bonds. The second kappa shape index (κ2) is 7.96. The maximum absolute atomic E-state index is 13.5. The average molecular weight is 467 g/mol. The predicted octanol–water partition coefficient (Wildman–Crippen LogP) is 4.00. The number of anilines is 1. The summed E-state index contributed by atoms with van der Waals surface area (Å²) in [5.74, 6) is -0.351. The first kappa shape index (κ1) is 20.5. The Morgan fingerprint density at radius 2 is 1.97 bits per heavy atom. The Balaban J connectivity index is 1.50. The van der Waals surface area contributed by atoms with E-state index in [-0.39, 0.29) is 12.5 Å². The Morgan fingerprint density at radius 3 is 2.72 bits per heavy atom. The lowest BCUT2D eigenvalue weighted by atomic mass is 10.1. The van der Waals surface area contributed by atoms with Gasteiger partial charge in [0.25, 0.3) is 11.8 Å². The fraction of sp³-hybridized carbons (Fsp3) is 0.174. The summed E-state index contributed by atoms with van der Waals surface area (Å²) >= 11 is 7.37. The van der Waals surface area contributed by atoms with E-state index in [0.717, 1.165) is 21.5 Å². The van der Waals surface area contributed by atoms with Crippen molar-refractivity contribution < 1.29 is 14.3 Å². The van der Waals surface area contributed by atoms with Crippen molar-refractivity contribution in [3.63, 3.8) is 0 Å². The summed E-state index contributed by atoms with van der Waals surface area (Å²) in [6, 6.07) is 16.6. The summed E-state index contributed by atoms with van der Waals surface area (Å²) in [6.45, 7) is 2.56. The van der Waals surface area contributed by atoms with Gasteiger partial charge in [0.1, 0.15) is 10.6 Å². The van der Waals surface area contributed by atoms with Gasteiger partial charge >= 0.3 is 0 Å². The number of halogens is 1. The standard InChI is InChI=1S/C23H19ClN4O3S/c1-13-16-10-20(32-23(16)28(26-13)11-14-6-8-15(24)9-7-14)22(30)27-12-19(21(25)29)31-18-5-3-2-4-17(18)27/h2-10,19H,11-12H2,1H3,(H2,25,29)/t19-/m0/s1. The smallest absolute Gasteiger partial charge is 0.268 e. The number of amides is 2. The predicted molar refractivity (Wildman–Crippen MR) is 125 cm³/mol. The van der Waals surface area contributed by atoms with Crippen LogP contribution >= 0.6 is 22.9 Å². The maximum atomic E-state index is 13.5. The van der Waals surface area contributed by atoms with E-state index in [0.29, 0.717) is 27.9 Å². The first-order valence-electron chi connectivity index (χ1n) is 9.99. The zero-order valence-corrected chi connectivity index (χ0v) is 18.7. The number of aromatic nitrogens is 2. The van der Waals surface area contributed by atoms with Crippen molar-refractivity contribution in [1.82, 2.24) is 9.78 Å². The van der Waals surface area contributed by atoms with Crippen LogP contribution in [0, 0.1) is 6.92 Å². The number of fused-ring (bicyclic) bond motifs is 2. The average Bonchev–Trinajstić information content (AvgIpc) is 3.35. The van der Waals surface area contributed by atoms with Gasteiger partial charge in [0.2, 0.25) is 0 Å². The number of benzene rings is 2. The van der Waals surface area contributed by atoms with Crippen LogP contribution in [0.25, 0.3) is 10.2 Å². The zero-order valence-electron chi connectivity index (χ0n) is 17.1. The van der Waals surface area contributed by atoms with Crippen molar-refractivity contribution in [1.29, 1.82) is 0 Å². The van der Waals surface area contributed by atoms with E-state index in [1.165, 1.54) is 11.3 Å². The Hall–Kier alpha value is -3.36. The minimum absolute atomic E-state index is 0.0648. The van der Waals surface area contributed by atoms with E-state index >= 15 is 0 Å². The summed E-state index contributed by atoms with van der Waals surface area (Å²) in [7, 11) is 0. The molecule has 2 N–H and O–H groups in total. The molecule has 1 aliphatic heterocycles. The molecule has 0 radical (unpaired) electrons. The highest BCUT2D eigenvalue weighted by Gasteiger charge is 2.34. The van der Waals surface area contributed by atoms with Gasteiger partial charge in [-0.15, -0.1) is 11.3 Å². The Labute approximate surface area is 192 Å². The number of hydrogen-bond donors (Lipinski definition) is 1. The summed E-state index contributed by atoms with van der Waals surface area (Å²) < 4.78 is 7.58. The topological polar surface area (TPSA) is 90.5 Å². The van der Waals surface area contributed by atoms with Crippen molar-refractivity contribution in [3.8, 4) is 5.75 Å². The minimum Gasteiger partial charge on any atom is -0.477 e. The number of aryl methyl sites for hydroxylation is 1. The number of carbonyl (C=O) groups is 2. The van der Waals surface area contributed by atoms with Gasteiger partial charge in [-0.3, -0.25) is 19.2 Å². The van der Waals surface area contributed by atoms with Crippen molar-refractivity contribution in [2.45, 2.75) is 19.6 Å². The highest BCUT2D eigenvalue weighted by atomic mass is 35.5. The number of carbonyl (C=O) groups excluding carboxylic acids is 2. The molecule has 32 heavy (non-hydrogen) atoms. The molecule has 0 spiro atoms. The molecule has 7 nitrogen and oxygen atoms in total. The number of nitrogens with two attached hydrogens (primary N) is 1. The zero-order chi connectivity index (χ0) is 22.4. The van der Waals surface area contributed by atoms with Crippen LogP contribution in [0.5, 0.6) is 5.75 Å². The van der Waals surface area contributed by atoms with Crippen LogP contribution in [0.3, 0.4) is 0 Å². The third-order valence-electron chi connectivity index (χ3n) is 5.40. The first-order chi connectivity index (χ1) is 15.4. The van der Waals surface area contributed by atoms with Gasteiger partial charge in [-0.2, -0.15) is 5.10 Å². The van der Waals surface area contributed by atoms with Gasteiger partial charge < -0.3 is 10.5 Å². The molecule has 0 fully saturated rings. The molecule has 0 saturated heterocycles. The number of rotatable bonds is 4. The molecular weight excluding hydrogens is 448 g/mol. The van der Waals surface area contributed by atoms with Crippen molar-refractivity contribution in [2.75, 3.05) is 11.4 Å². The number of hydrogen-bond acceptors (Lipinski definition) is 5. The normalized spacial score (nSPS) is 15.4. The van der Waals surface area contributed by atoms with Crippen LogP contribution in [-0.4, -0.2) is 34.2 Å². The number of para-hydroxylation sites is 2. The third kappa shape index (κ3) is 3.61. The lowest BCUT2D eigenvalue weighted by Gasteiger charge is -2.33. The number of nitrogens with zero attached hydrogens (tertiary/aromatic N) is 3. The molecule has 5 rings (SSSR count). The van der Waals surface area contributed by atoms with E-state index < -0.39 is 12.0 Å². The molecule has 0 aliphatic carbocycles. The van der Waals surface area contributed by atoms with Crippen molar-refractivity contribution >= 4 is 50.7 Å². The van der Waals surface area contributed by atoms with Crippen LogP contribution in [0.15, 0.2) is 54.6 Å². The van der Waals surface area contributed by atoms with E-state index in [9.17, 15) is 9.59 Å². The fourth-order valence-corrected chi connectivity index (χ4v) is 5.03. The minimum atomic E-state index is -0.898. The summed E-state index contributed by atoms with van der Waals surface area (Å²) in [5, 5.41) is 6.25. The highest BCUT2D eigenvalue weighted by molar-refractivity contribution is 7.20. The highest BCUT2D eigenvalue weighted by Crippen LogP contribution is 2.36. The third-order valence-corrected chi connectivity index (χ3v) is 6.79. The Kier molecular flexibility index (Phi) is 5.11. The van der Waals surface area contributed by atoms with Gasteiger partial charge in [0, 0.05) is 10.4 Å². The Morgan fingerprint density at radius 1 is 1.22 bits per heavy atom. The van der Waals surface area contributed by atoms with E-state index in [4.69, 9.17) is 22.1 Å². The lowest BCUT2D eigenvalue weighted by Crippen LogP contribution is -2.49. The molecule has 2 aromatic carbocycles. The van der Waals surface area contributed by atoms with Gasteiger partial charge in [0.05, 0.1) is 29.3 Å². The van der Waals surface area contributed by atoms with Crippen LogP contribution < -0.4 is 15.4 Å². The molecule has 162 valence electrons. The lowest BCUT2D eigenvalue weighted by molar-refractivity contribution is -0.124. The van der Waals surface area contributed by atoms with Crippen LogP contribution in [0.1, 0.15) is 20.9 Å². The van der Waals surface area contributed by atoms with Crippen LogP contribution in [0.4, 0.5) is 5.69 Å². The molecule has 1 atom stereocenters. The number of thiophene rings is 1. The Bertz CT molecular complexity index is 1350. The van der Waals surface area contributed by atoms with Gasteiger partial charge in [-0.25, -0.2) is 0 Å². The quantitative estimate of drug-likeness (QED) is 0.492. The summed E-state index contributed by atoms with van der Waals surface area (Å²) in [4.78, 5) is 28.3. The number of ether oxygens (including phenoxy) is 1. The summed E-state index contributed by atoms with van der Waals surface area (Å²) in [6.07, 6.45) is -0.898. The van der Waals surface area contributed by atoms with Gasteiger partial charge in [0.15, 0.2) is 6.10 Å². The molecule has 1 aliphatic rings. The number of primary amides is 1. The van der Waals surface area contributed by atoms with Crippen LogP contribution in [-0.2, 0) is 11.3 Å². The van der Waals surface area contributed by atoms with E-state index in [1.54, 1.807) is 23.1 Å². The summed E-state index contributed by atoms with van der Waals surface area (Å²) in [5.41, 5.74) is 8.00. The van der Waals surface area contributed by atoms with Gasteiger partial charge in [-0.1, -0.05) is 35.9 Å².